The molecule has 8 heteroatoms. The van der Waals surface area contributed by atoms with Crippen molar-refractivity contribution in [3.63, 3.8) is 0 Å². The highest BCUT2D eigenvalue weighted by Crippen LogP contribution is 2.31. The Labute approximate surface area is 156 Å². The number of carbonyl (C=O) groups is 1. The average molecular weight is 366 g/mol. The van der Waals surface area contributed by atoms with Crippen molar-refractivity contribution in [2.45, 2.75) is 25.8 Å². The van der Waals surface area contributed by atoms with Crippen molar-refractivity contribution in [3.8, 4) is 0 Å². The first-order valence-electron chi connectivity index (χ1n) is 8.93. The van der Waals surface area contributed by atoms with Crippen LogP contribution in [0.5, 0.6) is 0 Å². The monoisotopic (exact) mass is 366 g/mol. The van der Waals surface area contributed by atoms with Crippen molar-refractivity contribution in [1.82, 2.24) is 9.97 Å². The number of fused-ring (bicyclic) bond motifs is 1. The van der Waals surface area contributed by atoms with E-state index in [2.05, 4.69) is 20.2 Å². The molecule has 0 spiro atoms. The van der Waals surface area contributed by atoms with Crippen molar-refractivity contribution >= 4 is 34.3 Å². The van der Waals surface area contributed by atoms with Gasteiger partial charge in [0, 0.05) is 31.5 Å². The molecule has 0 aliphatic carbocycles. The fourth-order valence-electron chi connectivity index (χ4n) is 3.49. The van der Waals surface area contributed by atoms with Gasteiger partial charge in [-0.1, -0.05) is 0 Å². The minimum atomic E-state index is -0.377. The third-order valence-corrected chi connectivity index (χ3v) is 4.76. The highest BCUT2D eigenvalue weighted by atomic mass is 16.3. The van der Waals surface area contributed by atoms with Gasteiger partial charge >= 0.3 is 0 Å². The molecule has 5 N–H and O–H groups in total. The molecule has 8 nitrogen and oxygen atoms in total. The Bertz CT molecular complexity index is 999. The number of carbonyl (C=O) groups excluding carboxylic acids is 1. The Kier molecular flexibility index (Phi) is 4.41. The molecule has 4 rings (SSSR count). The number of hydrogen-bond acceptors (Lipinski definition) is 7. The SMILES string of the molecule is Cc1cnc2c(C(=O)Nc3cnccc3N3CCCC(N)C3)c(N)oc2c1. The molecule has 1 atom stereocenters. The summed E-state index contributed by atoms with van der Waals surface area (Å²) in [5.74, 6) is -0.329. The number of aromatic nitrogens is 2. The third-order valence-electron chi connectivity index (χ3n) is 4.76. The predicted octanol–water partition coefficient (Wildman–Crippen LogP) is 2.29. The second-order valence-corrected chi connectivity index (χ2v) is 6.90. The van der Waals surface area contributed by atoms with Crippen molar-refractivity contribution in [2.75, 3.05) is 29.0 Å². The number of rotatable bonds is 3. The summed E-state index contributed by atoms with van der Waals surface area (Å²) < 4.78 is 5.51. The lowest BCUT2D eigenvalue weighted by Crippen LogP contribution is -2.43. The molecule has 1 aliphatic rings. The number of amides is 1. The second kappa shape index (κ2) is 6.88. The fraction of sp³-hybridized carbons (Fsp3) is 0.316. The third kappa shape index (κ3) is 3.31. The van der Waals surface area contributed by atoms with Gasteiger partial charge in [0.1, 0.15) is 11.1 Å². The van der Waals surface area contributed by atoms with Crippen LogP contribution in [0.2, 0.25) is 0 Å². The number of hydrogen-bond donors (Lipinski definition) is 3. The van der Waals surface area contributed by atoms with Gasteiger partial charge in [-0.05, 0) is 37.5 Å². The Morgan fingerprint density at radius 2 is 2.26 bits per heavy atom. The molecule has 1 fully saturated rings. The Hall–Kier alpha value is -3.13. The number of nitrogens with one attached hydrogen (secondary N) is 1. The number of furan rings is 1. The van der Waals surface area contributed by atoms with E-state index in [1.807, 2.05) is 13.0 Å². The van der Waals surface area contributed by atoms with Crippen LogP contribution < -0.4 is 21.7 Å². The van der Waals surface area contributed by atoms with Crippen LogP contribution in [0.1, 0.15) is 28.8 Å². The topological polar surface area (TPSA) is 123 Å². The van der Waals surface area contributed by atoms with Gasteiger partial charge < -0.3 is 26.1 Å². The van der Waals surface area contributed by atoms with Crippen LogP contribution in [0.25, 0.3) is 11.1 Å². The average Bonchev–Trinajstić information content (AvgIpc) is 2.97. The Morgan fingerprint density at radius 1 is 1.41 bits per heavy atom. The van der Waals surface area contributed by atoms with Crippen LogP contribution in [0, 0.1) is 6.92 Å². The quantitative estimate of drug-likeness (QED) is 0.650. The van der Waals surface area contributed by atoms with Gasteiger partial charge in [-0.3, -0.25) is 14.8 Å². The van der Waals surface area contributed by atoms with E-state index in [-0.39, 0.29) is 23.4 Å². The van der Waals surface area contributed by atoms with Gasteiger partial charge in [0.15, 0.2) is 5.58 Å². The Balaban J connectivity index is 1.65. The Morgan fingerprint density at radius 3 is 3.07 bits per heavy atom. The summed E-state index contributed by atoms with van der Waals surface area (Å²) in [6.07, 6.45) is 7.03. The highest BCUT2D eigenvalue weighted by molar-refractivity contribution is 6.15. The maximum absolute atomic E-state index is 12.9. The van der Waals surface area contributed by atoms with Gasteiger partial charge in [0.25, 0.3) is 5.91 Å². The molecule has 3 aromatic heterocycles. The zero-order valence-electron chi connectivity index (χ0n) is 15.1. The predicted molar refractivity (Wildman–Crippen MR) is 105 cm³/mol. The van der Waals surface area contributed by atoms with Crippen molar-refractivity contribution < 1.29 is 9.21 Å². The zero-order valence-corrected chi connectivity index (χ0v) is 15.1. The number of nitrogens with zero attached hydrogens (tertiary/aromatic N) is 3. The van der Waals surface area contributed by atoms with E-state index >= 15 is 0 Å². The van der Waals surface area contributed by atoms with Gasteiger partial charge in [-0.2, -0.15) is 0 Å². The standard InChI is InChI=1S/C19H22N6O2/c1-11-7-15-17(23-8-11)16(18(21)27-15)19(26)24-13-9-22-5-4-14(13)25-6-2-3-12(20)10-25/h4-5,7-9,12H,2-3,6,10,20-21H2,1H3,(H,24,26). The lowest BCUT2D eigenvalue weighted by Gasteiger charge is -2.33. The van der Waals surface area contributed by atoms with Crippen LogP contribution in [-0.2, 0) is 0 Å². The van der Waals surface area contributed by atoms with Crippen molar-refractivity contribution in [2.24, 2.45) is 5.73 Å². The number of pyridine rings is 2. The smallest absolute Gasteiger partial charge is 0.263 e. The van der Waals surface area contributed by atoms with Gasteiger partial charge in [0.05, 0.1) is 17.6 Å². The van der Waals surface area contributed by atoms with Crippen LogP contribution in [0.4, 0.5) is 17.3 Å². The maximum Gasteiger partial charge on any atom is 0.263 e. The number of piperidine rings is 1. The molecule has 3 aromatic rings. The molecular formula is C19H22N6O2. The normalized spacial score (nSPS) is 17.3. The summed E-state index contributed by atoms with van der Waals surface area (Å²) in [4.78, 5) is 23.6. The number of aryl methyl sites for hydroxylation is 1. The minimum absolute atomic E-state index is 0.0473. The van der Waals surface area contributed by atoms with E-state index in [1.54, 1.807) is 24.7 Å². The van der Waals surface area contributed by atoms with E-state index in [4.69, 9.17) is 15.9 Å². The van der Waals surface area contributed by atoms with E-state index in [9.17, 15) is 4.79 Å². The van der Waals surface area contributed by atoms with Crippen LogP contribution in [0.3, 0.4) is 0 Å². The summed E-state index contributed by atoms with van der Waals surface area (Å²) >= 11 is 0. The largest absolute Gasteiger partial charge is 0.438 e. The molecule has 1 unspecified atom stereocenters. The van der Waals surface area contributed by atoms with Crippen LogP contribution in [0.15, 0.2) is 35.1 Å². The van der Waals surface area contributed by atoms with Gasteiger partial charge in [-0.15, -0.1) is 0 Å². The minimum Gasteiger partial charge on any atom is -0.438 e. The van der Waals surface area contributed by atoms with Crippen molar-refractivity contribution in [3.05, 3.63) is 41.9 Å². The molecule has 27 heavy (non-hydrogen) atoms. The lowest BCUT2D eigenvalue weighted by molar-refractivity contribution is 0.102. The number of nitrogen functional groups attached to an aromatic ring is 1. The van der Waals surface area contributed by atoms with E-state index in [1.165, 1.54) is 0 Å². The molecule has 0 saturated carbocycles. The number of anilines is 3. The van der Waals surface area contributed by atoms with E-state index in [0.29, 0.717) is 16.8 Å². The molecule has 0 aromatic carbocycles. The van der Waals surface area contributed by atoms with E-state index < -0.39 is 0 Å². The summed E-state index contributed by atoms with van der Waals surface area (Å²) in [5.41, 5.74) is 15.6. The summed E-state index contributed by atoms with van der Waals surface area (Å²) in [7, 11) is 0. The molecule has 1 amide bonds. The van der Waals surface area contributed by atoms with Crippen LogP contribution in [-0.4, -0.2) is 35.0 Å². The summed E-state index contributed by atoms with van der Waals surface area (Å²) in [5, 5.41) is 2.91. The first-order valence-corrected chi connectivity index (χ1v) is 8.93. The fourth-order valence-corrected chi connectivity index (χ4v) is 3.49. The second-order valence-electron chi connectivity index (χ2n) is 6.90. The number of nitrogens with two attached hydrogens (primary N) is 2. The summed E-state index contributed by atoms with van der Waals surface area (Å²) in [6, 6.07) is 3.81. The van der Waals surface area contributed by atoms with Crippen molar-refractivity contribution in [1.29, 1.82) is 0 Å². The van der Waals surface area contributed by atoms with E-state index in [0.717, 1.165) is 37.2 Å². The molecule has 0 bridgehead atoms. The first-order chi connectivity index (χ1) is 13.0. The molecule has 4 heterocycles. The molecule has 0 radical (unpaired) electrons. The highest BCUT2D eigenvalue weighted by Gasteiger charge is 2.24. The maximum atomic E-state index is 12.9. The molecule has 140 valence electrons. The van der Waals surface area contributed by atoms with Gasteiger partial charge in [-0.25, -0.2) is 0 Å². The van der Waals surface area contributed by atoms with Gasteiger partial charge in [0.2, 0.25) is 5.88 Å². The lowest BCUT2D eigenvalue weighted by atomic mass is 10.1. The molecule has 1 saturated heterocycles. The van der Waals surface area contributed by atoms with Crippen LogP contribution >= 0.6 is 0 Å². The summed E-state index contributed by atoms with van der Waals surface area (Å²) in [6.45, 7) is 3.53. The zero-order chi connectivity index (χ0) is 19.0. The molecular weight excluding hydrogens is 344 g/mol. The molecule has 1 aliphatic heterocycles. The first kappa shape index (κ1) is 17.3.